The smallest absolute Gasteiger partial charge is 0.238 e. The number of carbonyl (C=O) groups excluding carboxylic acids is 2. The van der Waals surface area contributed by atoms with Crippen molar-refractivity contribution in [3.05, 3.63) is 29.8 Å². The van der Waals surface area contributed by atoms with Crippen molar-refractivity contribution in [2.24, 2.45) is 11.8 Å². The van der Waals surface area contributed by atoms with Gasteiger partial charge in [0.15, 0.2) is 0 Å². The van der Waals surface area contributed by atoms with Gasteiger partial charge in [-0.3, -0.25) is 14.5 Å². The molecule has 2 amide bonds. The molecule has 1 aromatic rings. The highest BCUT2D eigenvalue weighted by Gasteiger charge is 2.43. The van der Waals surface area contributed by atoms with Crippen molar-refractivity contribution in [2.45, 2.75) is 45.1 Å². The average Bonchev–Trinajstić information content (AvgIpc) is 2.62. The minimum Gasteiger partial charge on any atom is -0.339 e. The molecule has 5 heteroatoms. The van der Waals surface area contributed by atoms with Crippen LogP contribution in [0.2, 0.25) is 0 Å². The molecule has 0 unspecified atom stereocenters. The summed E-state index contributed by atoms with van der Waals surface area (Å²) in [6.07, 6.45) is 5.06. The number of rotatable bonds is 4. The number of anilines is 1. The molecule has 0 spiro atoms. The van der Waals surface area contributed by atoms with E-state index in [1.807, 2.05) is 18.2 Å². The second-order valence-electron chi connectivity index (χ2n) is 8.16. The number of hydrogen-bond donors (Lipinski definition) is 1. The van der Waals surface area contributed by atoms with Gasteiger partial charge in [0, 0.05) is 37.8 Å². The molecule has 2 bridgehead atoms. The number of nitrogens with zero attached hydrogens (tertiary/aromatic N) is 2. The van der Waals surface area contributed by atoms with Crippen LogP contribution in [0.4, 0.5) is 5.69 Å². The first-order chi connectivity index (χ1) is 12.6. The summed E-state index contributed by atoms with van der Waals surface area (Å²) in [5.41, 5.74) is 2.12. The normalized spacial score (nSPS) is 28.6. The fourth-order valence-electron chi connectivity index (χ4n) is 5.11. The van der Waals surface area contributed by atoms with Crippen molar-refractivity contribution >= 4 is 17.5 Å². The molecule has 3 fully saturated rings. The summed E-state index contributed by atoms with van der Waals surface area (Å²) in [7, 11) is 0. The van der Waals surface area contributed by atoms with Gasteiger partial charge in [-0.05, 0) is 55.2 Å². The van der Waals surface area contributed by atoms with Gasteiger partial charge in [-0.25, -0.2) is 0 Å². The zero-order chi connectivity index (χ0) is 18.1. The van der Waals surface area contributed by atoms with E-state index in [2.05, 4.69) is 28.1 Å². The third-order valence-electron chi connectivity index (χ3n) is 6.24. The molecule has 0 aromatic heterocycles. The van der Waals surface area contributed by atoms with E-state index in [9.17, 15) is 9.59 Å². The Balaban J connectivity index is 1.36. The van der Waals surface area contributed by atoms with Crippen LogP contribution >= 0.6 is 0 Å². The summed E-state index contributed by atoms with van der Waals surface area (Å²) in [6.45, 7) is 5.32. The van der Waals surface area contributed by atoms with Gasteiger partial charge in [0.2, 0.25) is 11.8 Å². The van der Waals surface area contributed by atoms with Gasteiger partial charge in [-0.1, -0.05) is 19.1 Å². The summed E-state index contributed by atoms with van der Waals surface area (Å²) in [5.74, 6) is 1.46. The highest BCUT2D eigenvalue weighted by molar-refractivity contribution is 5.92. The molecule has 3 saturated heterocycles. The monoisotopic (exact) mass is 355 g/mol. The molecular weight excluding hydrogens is 326 g/mol. The Kier molecular flexibility index (Phi) is 4.98. The number of piperidine rings is 3. The lowest BCUT2D eigenvalue weighted by molar-refractivity contribution is -0.145. The zero-order valence-corrected chi connectivity index (χ0v) is 15.6. The number of benzene rings is 1. The molecule has 1 aromatic carbocycles. The maximum absolute atomic E-state index is 12.5. The van der Waals surface area contributed by atoms with Crippen LogP contribution in [-0.4, -0.2) is 53.8 Å². The van der Waals surface area contributed by atoms with Gasteiger partial charge in [-0.15, -0.1) is 0 Å². The largest absolute Gasteiger partial charge is 0.339 e. The van der Waals surface area contributed by atoms with Gasteiger partial charge >= 0.3 is 0 Å². The Morgan fingerprint density at radius 3 is 3.00 bits per heavy atom. The number of likely N-dealkylation sites (tertiary alicyclic amines) is 1. The first-order valence-electron chi connectivity index (χ1n) is 10.0. The first-order valence-corrected chi connectivity index (χ1v) is 10.0. The number of amides is 2. The van der Waals surface area contributed by atoms with Crippen molar-refractivity contribution in [3.8, 4) is 0 Å². The molecular formula is C21H29N3O2. The molecule has 0 saturated carbocycles. The molecule has 140 valence electrons. The van der Waals surface area contributed by atoms with E-state index in [1.165, 1.54) is 12.0 Å². The van der Waals surface area contributed by atoms with E-state index < -0.39 is 0 Å². The molecule has 1 N–H and O–H groups in total. The predicted octanol–water partition coefficient (Wildman–Crippen LogP) is 2.52. The van der Waals surface area contributed by atoms with Crippen molar-refractivity contribution in [1.29, 1.82) is 0 Å². The van der Waals surface area contributed by atoms with Crippen LogP contribution in [0, 0.1) is 11.8 Å². The number of aryl methyl sites for hydroxylation is 1. The number of fused-ring (bicyclic) bond motifs is 4. The molecule has 4 rings (SSSR count). The quantitative estimate of drug-likeness (QED) is 0.903. The molecule has 3 atom stereocenters. The summed E-state index contributed by atoms with van der Waals surface area (Å²) >= 11 is 0. The van der Waals surface area contributed by atoms with Gasteiger partial charge < -0.3 is 10.2 Å². The van der Waals surface area contributed by atoms with Gasteiger partial charge in [-0.2, -0.15) is 0 Å². The van der Waals surface area contributed by atoms with Crippen molar-refractivity contribution in [2.75, 3.05) is 31.5 Å². The van der Waals surface area contributed by atoms with E-state index in [1.54, 1.807) is 0 Å². The predicted molar refractivity (Wildman–Crippen MR) is 102 cm³/mol. The Bertz CT molecular complexity index is 690. The fourth-order valence-corrected chi connectivity index (χ4v) is 5.11. The third kappa shape index (κ3) is 3.63. The van der Waals surface area contributed by atoms with Gasteiger partial charge in [0.25, 0.3) is 0 Å². The fraction of sp³-hybridized carbons (Fsp3) is 0.619. The van der Waals surface area contributed by atoms with E-state index in [0.29, 0.717) is 30.3 Å². The molecule has 3 heterocycles. The Morgan fingerprint density at radius 1 is 1.27 bits per heavy atom. The van der Waals surface area contributed by atoms with Crippen molar-refractivity contribution < 1.29 is 9.59 Å². The van der Waals surface area contributed by atoms with Crippen LogP contribution in [-0.2, 0) is 16.0 Å². The Hall–Kier alpha value is -1.88. The van der Waals surface area contributed by atoms with Crippen LogP contribution < -0.4 is 5.32 Å². The van der Waals surface area contributed by atoms with E-state index in [-0.39, 0.29) is 5.91 Å². The summed E-state index contributed by atoms with van der Waals surface area (Å²) in [5, 5.41) is 3.05. The summed E-state index contributed by atoms with van der Waals surface area (Å²) < 4.78 is 0. The standard InChI is InChI=1S/C21H29N3O2/c1-2-15-5-3-6-18(10-15)22-20(25)14-23-11-16-9-17(13-23)19-7-4-8-21(26)24(19)12-16/h3,5-6,10,16-17,19H,2,4,7-9,11-14H2,1H3,(H,22,25)/t16-,17-,19-/m1/s1. The van der Waals surface area contributed by atoms with Crippen LogP contribution in [0.5, 0.6) is 0 Å². The van der Waals surface area contributed by atoms with Crippen LogP contribution in [0.1, 0.15) is 38.2 Å². The summed E-state index contributed by atoms with van der Waals surface area (Å²) in [6, 6.07) is 8.48. The van der Waals surface area contributed by atoms with Crippen LogP contribution in [0.15, 0.2) is 24.3 Å². The zero-order valence-electron chi connectivity index (χ0n) is 15.6. The second kappa shape index (κ2) is 7.39. The van der Waals surface area contributed by atoms with Crippen molar-refractivity contribution in [1.82, 2.24) is 9.80 Å². The molecule has 0 aliphatic carbocycles. The minimum absolute atomic E-state index is 0.0646. The molecule has 3 aliphatic heterocycles. The minimum atomic E-state index is 0.0646. The Labute approximate surface area is 155 Å². The average molecular weight is 355 g/mol. The highest BCUT2D eigenvalue weighted by atomic mass is 16.2. The van der Waals surface area contributed by atoms with Crippen molar-refractivity contribution in [3.63, 3.8) is 0 Å². The molecule has 5 nitrogen and oxygen atoms in total. The molecule has 3 aliphatic rings. The topological polar surface area (TPSA) is 52.7 Å². The lowest BCUT2D eigenvalue weighted by atomic mass is 9.76. The Morgan fingerprint density at radius 2 is 2.15 bits per heavy atom. The number of carbonyl (C=O) groups is 2. The number of nitrogens with one attached hydrogen (secondary N) is 1. The molecule has 0 radical (unpaired) electrons. The van der Waals surface area contributed by atoms with Gasteiger partial charge in [0.1, 0.15) is 0 Å². The highest BCUT2D eigenvalue weighted by Crippen LogP contribution is 2.37. The van der Waals surface area contributed by atoms with E-state index in [0.717, 1.165) is 51.0 Å². The maximum atomic E-state index is 12.5. The molecule has 26 heavy (non-hydrogen) atoms. The summed E-state index contributed by atoms with van der Waals surface area (Å²) in [4.78, 5) is 29.2. The lowest BCUT2D eigenvalue weighted by Crippen LogP contribution is -2.61. The first kappa shape index (κ1) is 17.5. The van der Waals surface area contributed by atoms with Crippen LogP contribution in [0.3, 0.4) is 0 Å². The maximum Gasteiger partial charge on any atom is 0.238 e. The number of hydrogen-bond acceptors (Lipinski definition) is 3. The van der Waals surface area contributed by atoms with Gasteiger partial charge in [0.05, 0.1) is 6.54 Å². The van der Waals surface area contributed by atoms with Crippen LogP contribution in [0.25, 0.3) is 0 Å². The third-order valence-corrected chi connectivity index (χ3v) is 6.24. The SMILES string of the molecule is CCc1cccc(NC(=O)CN2C[C@H]3C[C@H](C2)[C@H]2CCCC(=O)N2C3)c1. The van der Waals surface area contributed by atoms with E-state index >= 15 is 0 Å². The lowest BCUT2D eigenvalue weighted by Gasteiger charge is -2.52. The van der Waals surface area contributed by atoms with E-state index in [4.69, 9.17) is 0 Å². The second-order valence-corrected chi connectivity index (χ2v) is 8.16.